The highest BCUT2D eigenvalue weighted by molar-refractivity contribution is 6.44. The molecule has 1 heterocycles. The SMILES string of the molecule is Cc1ccc(=C(/N)NCC2COC(C)(C)O2)/c(=C(\N)Cl)c1. The fourth-order valence-corrected chi connectivity index (χ4v) is 2.43. The van der Waals surface area contributed by atoms with Gasteiger partial charge in [-0.15, -0.1) is 0 Å². The fraction of sp³-hybridized carbons (Fsp3) is 0.467. The van der Waals surface area contributed by atoms with Gasteiger partial charge >= 0.3 is 0 Å². The second-order valence-corrected chi connectivity index (χ2v) is 6.05. The van der Waals surface area contributed by atoms with Crippen molar-refractivity contribution in [2.75, 3.05) is 13.2 Å². The van der Waals surface area contributed by atoms with Crippen molar-refractivity contribution in [1.82, 2.24) is 5.32 Å². The molecule has 21 heavy (non-hydrogen) atoms. The van der Waals surface area contributed by atoms with Gasteiger partial charge in [0, 0.05) is 17.0 Å². The molecule has 1 atom stereocenters. The van der Waals surface area contributed by atoms with Gasteiger partial charge in [-0.3, -0.25) is 0 Å². The van der Waals surface area contributed by atoms with Crippen LogP contribution in [0.1, 0.15) is 19.4 Å². The van der Waals surface area contributed by atoms with Gasteiger partial charge in [0.2, 0.25) is 0 Å². The lowest BCUT2D eigenvalue weighted by atomic mass is 10.1. The third-order valence-corrected chi connectivity index (χ3v) is 3.51. The van der Waals surface area contributed by atoms with Crippen molar-refractivity contribution in [2.45, 2.75) is 32.7 Å². The number of benzene rings is 1. The first-order chi connectivity index (χ1) is 9.78. The molecule has 1 aliphatic rings. The minimum atomic E-state index is -0.537. The average molecular weight is 312 g/mol. The van der Waals surface area contributed by atoms with Crippen LogP contribution in [-0.4, -0.2) is 25.0 Å². The van der Waals surface area contributed by atoms with Gasteiger partial charge in [-0.25, -0.2) is 0 Å². The van der Waals surface area contributed by atoms with Crippen molar-refractivity contribution in [1.29, 1.82) is 0 Å². The quantitative estimate of drug-likeness (QED) is 0.686. The van der Waals surface area contributed by atoms with Crippen molar-refractivity contribution < 1.29 is 9.47 Å². The Hall–Kier alpha value is -1.43. The molecule has 1 fully saturated rings. The number of aryl methyl sites for hydroxylation is 1. The monoisotopic (exact) mass is 311 g/mol. The fourth-order valence-electron chi connectivity index (χ4n) is 2.27. The molecule has 0 spiro atoms. The van der Waals surface area contributed by atoms with E-state index in [4.69, 9.17) is 32.5 Å². The van der Waals surface area contributed by atoms with Crippen LogP contribution >= 0.6 is 11.6 Å². The summed E-state index contributed by atoms with van der Waals surface area (Å²) in [5, 5.41) is 4.89. The van der Waals surface area contributed by atoms with Gasteiger partial charge in [0.1, 0.15) is 17.1 Å². The molecular formula is C15H22ClN3O2. The molecule has 2 rings (SSSR count). The van der Waals surface area contributed by atoms with Crippen LogP contribution in [0.2, 0.25) is 0 Å². The summed E-state index contributed by atoms with van der Waals surface area (Å²) in [6.07, 6.45) is -0.0372. The molecule has 1 aromatic carbocycles. The molecular weight excluding hydrogens is 290 g/mol. The lowest BCUT2D eigenvalue weighted by Crippen LogP contribution is -2.40. The smallest absolute Gasteiger partial charge is 0.163 e. The van der Waals surface area contributed by atoms with Crippen LogP contribution in [0.4, 0.5) is 0 Å². The van der Waals surface area contributed by atoms with Crippen LogP contribution in [0.15, 0.2) is 18.2 Å². The maximum Gasteiger partial charge on any atom is 0.163 e. The highest BCUT2D eigenvalue weighted by Crippen LogP contribution is 2.21. The van der Waals surface area contributed by atoms with Gasteiger partial charge in [-0.1, -0.05) is 29.3 Å². The molecule has 5 nitrogen and oxygen atoms in total. The molecule has 1 unspecified atom stereocenters. The summed E-state index contributed by atoms with van der Waals surface area (Å²) in [6.45, 7) is 6.85. The second kappa shape index (κ2) is 6.13. The van der Waals surface area contributed by atoms with Crippen LogP contribution in [0.25, 0.3) is 11.0 Å². The Morgan fingerprint density at radius 3 is 2.67 bits per heavy atom. The molecule has 116 valence electrons. The predicted molar refractivity (Wildman–Crippen MR) is 84.4 cm³/mol. The Morgan fingerprint density at radius 2 is 2.10 bits per heavy atom. The zero-order chi connectivity index (χ0) is 15.6. The summed E-state index contributed by atoms with van der Waals surface area (Å²) in [4.78, 5) is 0. The molecule has 0 saturated carbocycles. The highest BCUT2D eigenvalue weighted by atomic mass is 35.5. The molecule has 1 saturated heterocycles. The van der Waals surface area contributed by atoms with Crippen molar-refractivity contribution in [3.63, 3.8) is 0 Å². The van der Waals surface area contributed by atoms with Crippen LogP contribution in [0.3, 0.4) is 0 Å². The maximum atomic E-state index is 6.11. The number of ether oxygens (including phenoxy) is 2. The van der Waals surface area contributed by atoms with E-state index in [-0.39, 0.29) is 11.3 Å². The zero-order valence-electron chi connectivity index (χ0n) is 12.6. The standard InChI is InChI=1S/C15H22ClN3O2/c1-9-4-5-11(12(6-9)13(16)17)14(18)19-7-10-8-20-15(2,3)21-10/h4-6,10,19H,7-8,17-18H2,1-3H3/b13-12-,14-11+. The molecule has 0 radical (unpaired) electrons. The van der Waals surface area contributed by atoms with Gasteiger partial charge in [0.05, 0.1) is 6.61 Å². The van der Waals surface area contributed by atoms with Crippen molar-refractivity contribution in [3.8, 4) is 0 Å². The molecule has 6 heteroatoms. The number of nitrogens with one attached hydrogen (secondary N) is 1. The first-order valence-corrected chi connectivity index (χ1v) is 7.24. The minimum Gasteiger partial charge on any atom is -0.389 e. The molecule has 0 amide bonds. The predicted octanol–water partition coefficient (Wildman–Crippen LogP) is 0.0237. The van der Waals surface area contributed by atoms with Crippen LogP contribution in [0.5, 0.6) is 0 Å². The summed E-state index contributed by atoms with van der Waals surface area (Å²) in [5.74, 6) is -0.0216. The van der Waals surface area contributed by atoms with Gasteiger partial charge in [-0.05, 0) is 26.8 Å². The topological polar surface area (TPSA) is 82.5 Å². The Morgan fingerprint density at radius 1 is 1.38 bits per heavy atom. The lowest BCUT2D eigenvalue weighted by Gasteiger charge is -2.17. The first-order valence-electron chi connectivity index (χ1n) is 6.86. The number of hydrogen-bond acceptors (Lipinski definition) is 5. The summed E-state index contributed by atoms with van der Waals surface area (Å²) < 4.78 is 11.2. The summed E-state index contributed by atoms with van der Waals surface area (Å²) in [6, 6.07) is 5.77. The zero-order valence-corrected chi connectivity index (χ0v) is 13.3. The maximum absolute atomic E-state index is 6.11. The van der Waals surface area contributed by atoms with E-state index >= 15 is 0 Å². The summed E-state index contributed by atoms with van der Waals surface area (Å²) in [7, 11) is 0. The molecule has 0 aromatic heterocycles. The molecule has 1 aromatic rings. The Balaban J connectivity index is 2.20. The van der Waals surface area contributed by atoms with Gasteiger partial charge in [0.15, 0.2) is 5.79 Å². The molecule has 5 N–H and O–H groups in total. The van der Waals surface area contributed by atoms with E-state index in [9.17, 15) is 0 Å². The van der Waals surface area contributed by atoms with Crippen LogP contribution in [-0.2, 0) is 9.47 Å². The summed E-state index contributed by atoms with van der Waals surface area (Å²) >= 11 is 5.94. The van der Waals surface area contributed by atoms with Gasteiger partial charge < -0.3 is 26.3 Å². The Labute approximate surface area is 129 Å². The van der Waals surface area contributed by atoms with E-state index in [1.807, 2.05) is 39.0 Å². The van der Waals surface area contributed by atoms with Crippen molar-refractivity contribution in [3.05, 3.63) is 34.2 Å². The normalized spacial score (nSPS) is 23.7. The van der Waals surface area contributed by atoms with Crippen LogP contribution < -0.4 is 27.2 Å². The van der Waals surface area contributed by atoms with E-state index in [1.165, 1.54) is 0 Å². The van der Waals surface area contributed by atoms with E-state index in [0.29, 0.717) is 19.0 Å². The summed E-state index contributed by atoms with van der Waals surface area (Å²) in [5.41, 5.74) is 12.9. The average Bonchev–Trinajstić information content (AvgIpc) is 2.75. The van der Waals surface area contributed by atoms with E-state index < -0.39 is 5.79 Å². The molecule has 0 bridgehead atoms. The number of nitrogens with two attached hydrogens (primary N) is 2. The third kappa shape index (κ3) is 4.03. The minimum absolute atomic E-state index is 0.0372. The molecule has 0 aliphatic carbocycles. The number of rotatable bonds is 3. The number of halogens is 1. The lowest BCUT2D eigenvalue weighted by molar-refractivity contribution is -0.137. The largest absolute Gasteiger partial charge is 0.389 e. The van der Waals surface area contributed by atoms with Crippen molar-refractivity contribution in [2.24, 2.45) is 11.5 Å². The molecule has 1 aliphatic heterocycles. The first kappa shape index (κ1) is 15.9. The number of hydrogen-bond donors (Lipinski definition) is 3. The van der Waals surface area contributed by atoms with Gasteiger partial charge in [0.25, 0.3) is 0 Å². The van der Waals surface area contributed by atoms with Crippen molar-refractivity contribution >= 4 is 22.6 Å². The van der Waals surface area contributed by atoms with Crippen LogP contribution in [0, 0.1) is 6.92 Å². The third-order valence-electron chi connectivity index (χ3n) is 3.31. The van der Waals surface area contributed by atoms with Gasteiger partial charge in [-0.2, -0.15) is 0 Å². The Kier molecular flexibility index (Phi) is 4.66. The van der Waals surface area contributed by atoms with E-state index in [1.54, 1.807) is 0 Å². The highest BCUT2D eigenvalue weighted by Gasteiger charge is 2.32. The Bertz CT molecular complexity index is 639. The van der Waals surface area contributed by atoms with E-state index in [2.05, 4.69) is 5.32 Å². The van der Waals surface area contributed by atoms with E-state index in [0.717, 1.165) is 16.0 Å². The second-order valence-electron chi connectivity index (χ2n) is 5.64.